The van der Waals surface area contributed by atoms with Crippen LogP contribution in [0.4, 0.5) is 0 Å². The summed E-state index contributed by atoms with van der Waals surface area (Å²) in [4.78, 5) is 8.33. The summed E-state index contributed by atoms with van der Waals surface area (Å²) in [5.41, 5.74) is 0.910. The zero-order valence-electron chi connectivity index (χ0n) is 12.8. The van der Waals surface area contributed by atoms with E-state index in [1.54, 1.807) is 43.0 Å². The van der Waals surface area contributed by atoms with Crippen LogP contribution in [0.1, 0.15) is 12.5 Å². The van der Waals surface area contributed by atoms with E-state index in [1.807, 2.05) is 25.1 Å². The minimum atomic E-state index is -3.59. The zero-order valence-corrected chi connectivity index (χ0v) is 13.6. The van der Waals surface area contributed by atoms with Gasteiger partial charge in [-0.05, 0) is 29.8 Å². The highest BCUT2D eigenvalue weighted by molar-refractivity contribution is 7.89. The maximum absolute atomic E-state index is 13.1. The first-order valence-electron chi connectivity index (χ1n) is 7.34. The smallest absolute Gasteiger partial charge is 0.243 e. The van der Waals surface area contributed by atoms with Crippen LogP contribution >= 0.6 is 0 Å². The first-order valence-corrected chi connectivity index (χ1v) is 8.78. The maximum atomic E-state index is 13.1. The second-order valence-corrected chi connectivity index (χ2v) is 7.05. The van der Waals surface area contributed by atoms with Gasteiger partial charge in [0, 0.05) is 48.6 Å². The predicted molar refractivity (Wildman–Crippen MR) is 89.2 cm³/mol. The number of fused-ring (bicyclic) bond motifs is 1. The van der Waals surface area contributed by atoms with Gasteiger partial charge in [-0.25, -0.2) is 8.42 Å². The largest absolute Gasteiger partial charge is 0.265 e. The Labute approximate surface area is 135 Å². The van der Waals surface area contributed by atoms with Crippen molar-refractivity contribution in [1.29, 1.82) is 0 Å². The number of sulfonamides is 1. The lowest BCUT2D eigenvalue weighted by Crippen LogP contribution is -2.30. The molecule has 0 atom stereocenters. The summed E-state index contributed by atoms with van der Waals surface area (Å²) in [5.74, 6) is 0. The van der Waals surface area contributed by atoms with Crippen molar-refractivity contribution in [2.45, 2.75) is 18.4 Å². The van der Waals surface area contributed by atoms with Gasteiger partial charge in [0.25, 0.3) is 0 Å². The van der Waals surface area contributed by atoms with Crippen LogP contribution in [0, 0.1) is 0 Å². The van der Waals surface area contributed by atoms with Gasteiger partial charge >= 0.3 is 0 Å². The summed E-state index contributed by atoms with van der Waals surface area (Å²) < 4.78 is 27.6. The van der Waals surface area contributed by atoms with Crippen molar-refractivity contribution < 1.29 is 8.42 Å². The molecular weight excluding hydrogens is 310 g/mol. The van der Waals surface area contributed by atoms with Crippen molar-refractivity contribution in [3.8, 4) is 0 Å². The lowest BCUT2D eigenvalue weighted by Gasteiger charge is -2.21. The SMILES string of the molecule is CCN(Cc1ccncc1)S(=O)(=O)c1cccc2cnccc12. The molecule has 5 nitrogen and oxygen atoms in total. The van der Waals surface area contributed by atoms with E-state index < -0.39 is 10.0 Å². The van der Waals surface area contributed by atoms with Crippen LogP contribution in [-0.4, -0.2) is 29.2 Å². The summed E-state index contributed by atoms with van der Waals surface area (Å²) in [7, 11) is -3.59. The lowest BCUT2D eigenvalue weighted by molar-refractivity contribution is 0.424. The Bertz CT molecular complexity index is 906. The summed E-state index contributed by atoms with van der Waals surface area (Å²) in [6, 6.07) is 10.6. The molecule has 0 fully saturated rings. The van der Waals surface area contributed by atoms with Crippen molar-refractivity contribution in [2.75, 3.05) is 6.54 Å². The first-order chi connectivity index (χ1) is 11.1. The van der Waals surface area contributed by atoms with E-state index in [4.69, 9.17) is 0 Å². The van der Waals surface area contributed by atoms with Crippen molar-refractivity contribution >= 4 is 20.8 Å². The number of pyridine rings is 2. The standard InChI is InChI=1S/C17H17N3O2S/c1-2-20(13-14-6-9-18-10-7-14)23(21,22)17-5-3-4-15-12-19-11-8-16(15)17/h3-12H,2,13H2,1H3. The molecular formula is C17H17N3O2S. The molecule has 0 spiro atoms. The van der Waals surface area contributed by atoms with Crippen LogP contribution in [0.2, 0.25) is 0 Å². The molecule has 0 aliphatic carbocycles. The van der Waals surface area contributed by atoms with E-state index in [-0.39, 0.29) is 0 Å². The molecule has 1 aromatic carbocycles. The molecule has 2 heterocycles. The molecule has 3 rings (SSSR count). The Morgan fingerprint density at radius 3 is 2.48 bits per heavy atom. The van der Waals surface area contributed by atoms with Gasteiger partial charge in [0.2, 0.25) is 10.0 Å². The van der Waals surface area contributed by atoms with E-state index in [0.717, 1.165) is 10.9 Å². The Morgan fingerprint density at radius 2 is 1.74 bits per heavy atom. The van der Waals surface area contributed by atoms with Crippen LogP contribution in [0.5, 0.6) is 0 Å². The van der Waals surface area contributed by atoms with Crippen molar-refractivity contribution in [3.05, 3.63) is 66.7 Å². The van der Waals surface area contributed by atoms with Crippen LogP contribution in [0.15, 0.2) is 66.1 Å². The lowest BCUT2D eigenvalue weighted by atomic mass is 10.2. The second-order valence-electron chi connectivity index (χ2n) is 5.14. The molecule has 3 aromatic rings. The van der Waals surface area contributed by atoms with Crippen LogP contribution in [0.25, 0.3) is 10.8 Å². The van der Waals surface area contributed by atoms with Gasteiger partial charge in [0.1, 0.15) is 0 Å². The third-order valence-corrected chi connectivity index (χ3v) is 5.70. The summed E-state index contributed by atoms with van der Waals surface area (Å²) >= 11 is 0. The second kappa shape index (κ2) is 6.44. The number of hydrogen-bond donors (Lipinski definition) is 0. The zero-order chi connectivity index (χ0) is 16.3. The minimum absolute atomic E-state index is 0.313. The molecule has 0 N–H and O–H groups in total. The third kappa shape index (κ3) is 3.09. The Hall–Kier alpha value is -2.31. The van der Waals surface area contributed by atoms with Gasteiger partial charge in [-0.3, -0.25) is 9.97 Å². The fourth-order valence-electron chi connectivity index (χ4n) is 2.52. The molecule has 2 aromatic heterocycles. The number of nitrogens with zero attached hydrogens (tertiary/aromatic N) is 3. The van der Waals surface area contributed by atoms with Gasteiger partial charge in [-0.2, -0.15) is 4.31 Å². The number of hydrogen-bond acceptors (Lipinski definition) is 4. The van der Waals surface area contributed by atoms with Gasteiger partial charge in [-0.15, -0.1) is 0 Å². The summed E-state index contributed by atoms with van der Waals surface area (Å²) in [6.45, 7) is 2.56. The van der Waals surface area contributed by atoms with E-state index in [2.05, 4.69) is 9.97 Å². The molecule has 0 bridgehead atoms. The minimum Gasteiger partial charge on any atom is -0.265 e. The topological polar surface area (TPSA) is 63.2 Å². The molecule has 0 amide bonds. The molecule has 6 heteroatoms. The molecule has 0 aliphatic heterocycles. The van der Waals surface area contributed by atoms with E-state index in [0.29, 0.717) is 23.4 Å². The molecule has 0 unspecified atom stereocenters. The maximum Gasteiger partial charge on any atom is 0.243 e. The average Bonchev–Trinajstić information content (AvgIpc) is 2.60. The van der Waals surface area contributed by atoms with E-state index >= 15 is 0 Å². The molecule has 0 radical (unpaired) electrons. The molecule has 118 valence electrons. The van der Waals surface area contributed by atoms with E-state index in [9.17, 15) is 8.42 Å². The van der Waals surface area contributed by atoms with Crippen molar-refractivity contribution in [3.63, 3.8) is 0 Å². The number of aromatic nitrogens is 2. The van der Waals surface area contributed by atoms with Crippen LogP contribution in [-0.2, 0) is 16.6 Å². The fraction of sp³-hybridized carbons (Fsp3) is 0.176. The third-order valence-electron chi connectivity index (χ3n) is 3.72. The molecule has 23 heavy (non-hydrogen) atoms. The van der Waals surface area contributed by atoms with Crippen molar-refractivity contribution in [2.24, 2.45) is 0 Å². The Kier molecular flexibility index (Phi) is 4.36. The predicted octanol–water partition coefficient (Wildman–Crippen LogP) is 2.84. The summed E-state index contributed by atoms with van der Waals surface area (Å²) in [6.07, 6.45) is 6.62. The average molecular weight is 327 g/mol. The van der Waals surface area contributed by atoms with E-state index in [1.165, 1.54) is 4.31 Å². The first kappa shape index (κ1) is 15.6. The highest BCUT2D eigenvalue weighted by Gasteiger charge is 2.25. The monoisotopic (exact) mass is 327 g/mol. The van der Waals surface area contributed by atoms with Crippen LogP contribution < -0.4 is 0 Å². The quantitative estimate of drug-likeness (QED) is 0.723. The number of benzene rings is 1. The fourth-order valence-corrected chi connectivity index (χ4v) is 4.17. The van der Waals surface area contributed by atoms with Gasteiger partial charge < -0.3 is 0 Å². The number of rotatable bonds is 5. The normalized spacial score (nSPS) is 11.9. The van der Waals surface area contributed by atoms with Crippen LogP contribution in [0.3, 0.4) is 0 Å². The summed E-state index contributed by atoms with van der Waals surface area (Å²) in [5, 5.41) is 1.50. The Balaban J connectivity index is 2.04. The van der Waals surface area contributed by atoms with Gasteiger partial charge in [0.05, 0.1) is 4.90 Å². The van der Waals surface area contributed by atoms with Gasteiger partial charge in [-0.1, -0.05) is 19.1 Å². The molecule has 0 saturated heterocycles. The molecule has 0 aliphatic rings. The highest BCUT2D eigenvalue weighted by Crippen LogP contribution is 2.26. The van der Waals surface area contributed by atoms with Gasteiger partial charge in [0.15, 0.2) is 0 Å². The molecule has 0 saturated carbocycles. The van der Waals surface area contributed by atoms with Crippen molar-refractivity contribution in [1.82, 2.24) is 14.3 Å². The Morgan fingerprint density at radius 1 is 1.00 bits per heavy atom. The highest BCUT2D eigenvalue weighted by atomic mass is 32.2.